The van der Waals surface area contributed by atoms with E-state index in [1.807, 2.05) is 18.2 Å². The van der Waals surface area contributed by atoms with Crippen LogP contribution in [-0.4, -0.2) is 53.8 Å². The summed E-state index contributed by atoms with van der Waals surface area (Å²) in [5, 5.41) is 4.26. The van der Waals surface area contributed by atoms with Gasteiger partial charge in [-0.2, -0.15) is 5.10 Å². The third-order valence-corrected chi connectivity index (χ3v) is 5.48. The van der Waals surface area contributed by atoms with Crippen molar-refractivity contribution in [3.8, 4) is 0 Å². The molecule has 30 heavy (non-hydrogen) atoms. The van der Waals surface area contributed by atoms with Crippen LogP contribution in [0.25, 0.3) is 0 Å². The number of hydrogen-bond acceptors (Lipinski definition) is 7. The molecule has 0 aromatic heterocycles. The van der Waals surface area contributed by atoms with Gasteiger partial charge >= 0.3 is 11.9 Å². The van der Waals surface area contributed by atoms with Gasteiger partial charge in [0.05, 0.1) is 18.9 Å². The lowest BCUT2D eigenvalue weighted by molar-refractivity contribution is -0.160. The van der Waals surface area contributed by atoms with Gasteiger partial charge in [0.15, 0.2) is 0 Å². The van der Waals surface area contributed by atoms with Gasteiger partial charge < -0.3 is 14.4 Å². The van der Waals surface area contributed by atoms with Gasteiger partial charge in [-0.25, -0.2) is 4.79 Å². The van der Waals surface area contributed by atoms with Crippen LogP contribution in [0.2, 0.25) is 0 Å². The molecule has 1 N–H and O–H groups in total. The number of para-hydroxylation sites is 1. The van der Waals surface area contributed by atoms with E-state index < -0.39 is 29.8 Å². The van der Waals surface area contributed by atoms with Crippen molar-refractivity contribution in [2.24, 2.45) is 11.0 Å². The molecule has 1 aromatic carbocycles. The standard InChI is InChI=1S/C22H29N3O5/c1-3-29-21(27)17-18(24-23-15-11-7-5-8-12-15)20(26)25(16-13-9-6-10-14-16)19(17)22(28)30-4-2/h5,7-8,11-12,16-17,19,23H,3-4,6,9-10,13-14H2,1-2H3/b24-18+/t17-,19+/m0/s1. The van der Waals surface area contributed by atoms with Crippen molar-refractivity contribution in [1.29, 1.82) is 0 Å². The van der Waals surface area contributed by atoms with E-state index in [0.29, 0.717) is 5.69 Å². The highest BCUT2D eigenvalue weighted by Gasteiger charge is 2.56. The molecule has 1 saturated carbocycles. The van der Waals surface area contributed by atoms with E-state index >= 15 is 0 Å². The molecule has 8 nitrogen and oxygen atoms in total. The molecule has 1 aromatic rings. The maximum Gasteiger partial charge on any atom is 0.330 e. The summed E-state index contributed by atoms with van der Waals surface area (Å²) in [6.07, 6.45) is 4.62. The number of rotatable bonds is 7. The Morgan fingerprint density at radius 3 is 2.30 bits per heavy atom. The van der Waals surface area contributed by atoms with Crippen LogP contribution in [0.1, 0.15) is 46.0 Å². The number of benzene rings is 1. The van der Waals surface area contributed by atoms with Gasteiger partial charge in [0.2, 0.25) is 0 Å². The van der Waals surface area contributed by atoms with Gasteiger partial charge in [-0.1, -0.05) is 37.5 Å². The van der Waals surface area contributed by atoms with Crippen LogP contribution in [-0.2, 0) is 23.9 Å². The van der Waals surface area contributed by atoms with Crippen molar-refractivity contribution in [2.75, 3.05) is 18.6 Å². The molecule has 1 saturated heterocycles. The second kappa shape index (κ2) is 10.2. The van der Waals surface area contributed by atoms with Crippen LogP contribution in [0.15, 0.2) is 35.4 Å². The maximum atomic E-state index is 13.4. The molecule has 1 amide bonds. The summed E-state index contributed by atoms with van der Waals surface area (Å²) in [5.74, 6) is -2.79. The minimum absolute atomic E-state index is 0.0130. The first kappa shape index (κ1) is 21.8. The SMILES string of the molecule is CCOC(=O)[C@H]1/C(=N\Nc2ccccc2)C(=O)N(C2CCCCC2)[C@H]1C(=O)OCC. The van der Waals surface area contributed by atoms with E-state index in [-0.39, 0.29) is 25.0 Å². The summed E-state index contributed by atoms with van der Waals surface area (Å²) in [5.41, 5.74) is 3.50. The van der Waals surface area contributed by atoms with Crippen LogP contribution in [0.4, 0.5) is 5.69 Å². The van der Waals surface area contributed by atoms with Crippen LogP contribution >= 0.6 is 0 Å². The molecule has 0 radical (unpaired) electrons. The normalized spacial score (nSPS) is 23.5. The van der Waals surface area contributed by atoms with Crippen LogP contribution in [0, 0.1) is 5.92 Å². The Morgan fingerprint density at radius 2 is 1.67 bits per heavy atom. The highest BCUT2D eigenvalue weighted by molar-refractivity contribution is 6.46. The second-order valence-corrected chi connectivity index (χ2v) is 7.41. The largest absolute Gasteiger partial charge is 0.465 e. The van der Waals surface area contributed by atoms with Crippen LogP contribution in [0.3, 0.4) is 0 Å². The summed E-state index contributed by atoms with van der Waals surface area (Å²) in [6.45, 7) is 3.69. The van der Waals surface area contributed by atoms with Gasteiger partial charge in [0, 0.05) is 6.04 Å². The molecule has 8 heteroatoms. The second-order valence-electron chi connectivity index (χ2n) is 7.41. The zero-order valence-corrected chi connectivity index (χ0v) is 17.5. The number of nitrogens with zero attached hydrogens (tertiary/aromatic N) is 2. The lowest BCUT2D eigenvalue weighted by atomic mass is 9.92. The summed E-state index contributed by atoms with van der Waals surface area (Å²) < 4.78 is 10.5. The van der Waals surface area contributed by atoms with Crippen molar-refractivity contribution >= 4 is 29.2 Å². The minimum atomic E-state index is -1.13. The average Bonchev–Trinajstić information content (AvgIpc) is 3.06. The zero-order chi connectivity index (χ0) is 21.5. The number of carbonyl (C=O) groups is 3. The van der Waals surface area contributed by atoms with E-state index in [1.54, 1.807) is 26.0 Å². The molecule has 1 heterocycles. The lowest BCUT2D eigenvalue weighted by Crippen LogP contribution is -2.50. The molecule has 1 aliphatic heterocycles. The Kier molecular flexibility index (Phi) is 7.43. The fourth-order valence-corrected chi connectivity index (χ4v) is 4.16. The van der Waals surface area contributed by atoms with Gasteiger partial charge in [0.1, 0.15) is 17.7 Å². The van der Waals surface area contributed by atoms with E-state index in [0.717, 1.165) is 32.1 Å². The molecular formula is C22H29N3O5. The fourth-order valence-electron chi connectivity index (χ4n) is 4.16. The van der Waals surface area contributed by atoms with E-state index in [9.17, 15) is 14.4 Å². The monoisotopic (exact) mass is 415 g/mol. The molecule has 1 aliphatic carbocycles. The molecule has 2 aliphatic rings. The van der Waals surface area contributed by atoms with E-state index in [1.165, 1.54) is 4.90 Å². The average molecular weight is 415 g/mol. The number of hydrazone groups is 1. The predicted octanol–water partition coefficient (Wildman–Crippen LogP) is 2.74. The Labute approximate surface area is 176 Å². The number of ether oxygens (including phenoxy) is 2. The van der Waals surface area contributed by atoms with Crippen molar-refractivity contribution in [1.82, 2.24) is 4.90 Å². The molecule has 3 rings (SSSR count). The molecule has 2 fully saturated rings. The highest BCUT2D eigenvalue weighted by Crippen LogP contribution is 2.34. The molecule has 0 spiro atoms. The van der Waals surface area contributed by atoms with Gasteiger partial charge in [-0.15, -0.1) is 0 Å². The first-order chi connectivity index (χ1) is 14.6. The summed E-state index contributed by atoms with van der Waals surface area (Å²) >= 11 is 0. The van der Waals surface area contributed by atoms with Crippen molar-refractivity contribution in [2.45, 2.75) is 58.0 Å². The number of esters is 2. The topological polar surface area (TPSA) is 97.3 Å². The molecule has 162 valence electrons. The first-order valence-electron chi connectivity index (χ1n) is 10.6. The number of hydrogen-bond donors (Lipinski definition) is 1. The third kappa shape index (κ3) is 4.63. The summed E-state index contributed by atoms with van der Waals surface area (Å²) in [6, 6.07) is 7.93. The number of likely N-dealkylation sites (tertiary alicyclic amines) is 1. The summed E-state index contributed by atoms with van der Waals surface area (Å²) in [4.78, 5) is 40.6. The Bertz CT molecular complexity index is 789. The number of carbonyl (C=O) groups excluding carboxylic acids is 3. The van der Waals surface area contributed by atoms with E-state index in [4.69, 9.17) is 9.47 Å². The van der Waals surface area contributed by atoms with Gasteiger partial charge in [-0.3, -0.25) is 15.0 Å². The van der Waals surface area contributed by atoms with E-state index in [2.05, 4.69) is 10.5 Å². The highest BCUT2D eigenvalue weighted by atomic mass is 16.5. The summed E-state index contributed by atoms with van der Waals surface area (Å²) in [7, 11) is 0. The first-order valence-corrected chi connectivity index (χ1v) is 10.6. The quantitative estimate of drug-likeness (QED) is 0.543. The minimum Gasteiger partial charge on any atom is -0.465 e. The van der Waals surface area contributed by atoms with Crippen molar-refractivity contribution < 1.29 is 23.9 Å². The zero-order valence-electron chi connectivity index (χ0n) is 17.5. The number of amides is 1. The van der Waals surface area contributed by atoms with Gasteiger partial charge in [-0.05, 0) is 38.8 Å². The van der Waals surface area contributed by atoms with Gasteiger partial charge in [0.25, 0.3) is 5.91 Å². The third-order valence-electron chi connectivity index (χ3n) is 5.48. The Balaban J connectivity index is 2.00. The van der Waals surface area contributed by atoms with Crippen LogP contribution < -0.4 is 5.43 Å². The lowest BCUT2D eigenvalue weighted by Gasteiger charge is -2.34. The smallest absolute Gasteiger partial charge is 0.330 e. The number of nitrogens with one attached hydrogen (secondary N) is 1. The number of anilines is 1. The van der Waals surface area contributed by atoms with Crippen molar-refractivity contribution in [3.05, 3.63) is 30.3 Å². The van der Waals surface area contributed by atoms with Crippen LogP contribution in [0.5, 0.6) is 0 Å². The maximum absolute atomic E-state index is 13.4. The molecule has 2 atom stereocenters. The fraction of sp³-hybridized carbons (Fsp3) is 0.545. The Morgan fingerprint density at radius 1 is 1.03 bits per heavy atom. The predicted molar refractivity (Wildman–Crippen MR) is 112 cm³/mol. The van der Waals surface area contributed by atoms with Crippen molar-refractivity contribution in [3.63, 3.8) is 0 Å². The molecular weight excluding hydrogens is 386 g/mol. The molecule has 0 bridgehead atoms. The molecule has 0 unspecified atom stereocenters. The Hall–Kier alpha value is -2.90.